The lowest BCUT2D eigenvalue weighted by atomic mass is 10.0. The van der Waals surface area contributed by atoms with Gasteiger partial charge >= 0.3 is 19.8 Å². The molecule has 0 radical (unpaired) electrons. The van der Waals surface area contributed by atoms with E-state index in [1.807, 2.05) is 0 Å². The van der Waals surface area contributed by atoms with Gasteiger partial charge in [-0.2, -0.15) is 0 Å². The lowest BCUT2D eigenvalue weighted by molar-refractivity contribution is -0.161. The van der Waals surface area contributed by atoms with Crippen LogP contribution in [0.15, 0.2) is 0 Å². The summed E-state index contributed by atoms with van der Waals surface area (Å²) in [5, 5.41) is 0. The summed E-state index contributed by atoms with van der Waals surface area (Å²) in [4.78, 5) is 35.0. The molecule has 8 nitrogen and oxygen atoms in total. The number of carbonyl (C=O) groups is 2. The molecule has 0 heterocycles. The Balaban J connectivity index is 3.87. The molecule has 0 aromatic carbocycles. The molecule has 0 aromatic rings. The summed E-state index contributed by atoms with van der Waals surface area (Å²) in [6.45, 7) is 5.57. The minimum absolute atomic E-state index is 0.00618. The van der Waals surface area contributed by atoms with Gasteiger partial charge in [-0.25, -0.2) is 4.57 Å². The van der Waals surface area contributed by atoms with Crippen LogP contribution in [0.3, 0.4) is 0 Å². The van der Waals surface area contributed by atoms with Crippen molar-refractivity contribution in [2.24, 2.45) is 0 Å². The lowest BCUT2D eigenvalue weighted by Gasteiger charge is -2.19. The first-order valence-corrected chi connectivity index (χ1v) is 29.3. The van der Waals surface area contributed by atoms with Gasteiger partial charge in [0.2, 0.25) is 0 Å². The quantitative estimate of drug-likeness (QED) is 0.0365. The Morgan fingerprint density at radius 1 is 0.365 bits per heavy atom. The van der Waals surface area contributed by atoms with E-state index in [2.05, 4.69) is 13.8 Å². The second-order valence-corrected chi connectivity index (χ2v) is 20.4. The fraction of sp³-hybridized carbons (Fsp3) is 0.963. The largest absolute Gasteiger partial charge is 0.472 e. The van der Waals surface area contributed by atoms with E-state index < -0.39 is 19.9 Å². The van der Waals surface area contributed by atoms with Crippen LogP contribution in [0.1, 0.15) is 310 Å². The lowest BCUT2D eigenvalue weighted by Crippen LogP contribution is -2.29. The Labute approximate surface area is 391 Å². The SMILES string of the molecule is CCCCCCCCCCCCCCCCCCCCCCCCC(=O)OC(COC(=O)CCCCCCCCCCCCCCCCCCCCCCC)COP(=O)(O)OCC. The minimum atomic E-state index is -4.28. The van der Waals surface area contributed by atoms with Gasteiger partial charge in [0.25, 0.3) is 0 Å². The van der Waals surface area contributed by atoms with Crippen LogP contribution in [0.2, 0.25) is 0 Å². The number of rotatable bonds is 53. The molecule has 0 aliphatic carbocycles. The minimum Gasteiger partial charge on any atom is -0.462 e. The standard InChI is InChI=1S/C54H107O8P/c1-4-7-9-11-13-15-17-19-21-23-25-27-29-31-33-35-37-39-41-43-45-47-49-54(56)62-52(51-61-63(57,58)60-6-3)50-59-53(55)48-46-44-42-40-38-36-34-32-30-28-26-24-22-20-18-16-14-12-10-8-5-2/h52H,4-51H2,1-3H3,(H,57,58). The average Bonchev–Trinajstić information content (AvgIpc) is 3.26. The van der Waals surface area contributed by atoms with Crippen molar-refractivity contribution in [3.63, 3.8) is 0 Å². The molecule has 9 heteroatoms. The zero-order valence-electron chi connectivity index (χ0n) is 42.3. The monoisotopic (exact) mass is 915 g/mol. The summed E-state index contributed by atoms with van der Waals surface area (Å²) < 4.78 is 32.9. The number of unbranched alkanes of at least 4 members (excludes halogenated alkanes) is 41. The molecular formula is C54H107O8P. The number of hydrogen-bond acceptors (Lipinski definition) is 7. The van der Waals surface area contributed by atoms with Crippen molar-refractivity contribution < 1.29 is 37.6 Å². The highest BCUT2D eigenvalue weighted by atomic mass is 31.2. The molecule has 2 atom stereocenters. The van der Waals surface area contributed by atoms with Crippen molar-refractivity contribution in [3.05, 3.63) is 0 Å². The number of esters is 2. The van der Waals surface area contributed by atoms with Crippen molar-refractivity contribution >= 4 is 19.8 Å². The van der Waals surface area contributed by atoms with E-state index in [9.17, 15) is 19.0 Å². The summed E-state index contributed by atoms with van der Waals surface area (Å²) in [5.41, 5.74) is 0. The van der Waals surface area contributed by atoms with Crippen LogP contribution in [0.5, 0.6) is 0 Å². The molecule has 63 heavy (non-hydrogen) atoms. The van der Waals surface area contributed by atoms with Gasteiger partial charge in [0.15, 0.2) is 6.10 Å². The normalized spacial score (nSPS) is 13.0. The Hall–Kier alpha value is -0.950. The second-order valence-electron chi connectivity index (χ2n) is 19.0. The maximum Gasteiger partial charge on any atom is 0.472 e. The molecule has 0 amide bonds. The summed E-state index contributed by atoms with van der Waals surface area (Å²) >= 11 is 0. The molecule has 0 rings (SSSR count). The average molecular weight is 915 g/mol. The molecule has 0 saturated carbocycles. The number of carbonyl (C=O) groups excluding carboxylic acids is 2. The maximum absolute atomic E-state index is 12.6. The molecule has 0 aliphatic heterocycles. The Kier molecular flexibility index (Phi) is 49.7. The van der Waals surface area contributed by atoms with E-state index >= 15 is 0 Å². The zero-order valence-corrected chi connectivity index (χ0v) is 43.2. The number of phosphoric ester groups is 1. The molecule has 0 fully saturated rings. The maximum atomic E-state index is 12.6. The van der Waals surface area contributed by atoms with Crippen molar-refractivity contribution in [1.82, 2.24) is 0 Å². The van der Waals surface area contributed by atoms with Crippen LogP contribution in [-0.2, 0) is 32.7 Å². The molecule has 0 bridgehead atoms. The Morgan fingerprint density at radius 3 is 0.889 bits per heavy atom. The van der Waals surface area contributed by atoms with Gasteiger partial charge < -0.3 is 14.4 Å². The van der Waals surface area contributed by atoms with Crippen molar-refractivity contribution in [2.75, 3.05) is 19.8 Å². The van der Waals surface area contributed by atoms with Crippen molar-refractivity contribution in [3.8, 4) is 0 Å². The van der Waals surface area contributed by atoms with Gasteiger partial charge in [0.1, 0.15) is 6.61 Å². The fourth-order valence-electron chi connectivity index (χ4n) is 8.58. The molecule has 1 N–H and O–H groups in total. The fourth-order valence-corrected chi connectivity index (χ4v) is 9.33. The van der Waals surface area contributed by atoms with E-state index in [0.717, 1.165) is 38.5 Å². The van der Waals surface area contributed by atoms with Crippen LogP contribution < -0.4 is 0 Å². The predicted octanol–water partition coefficient (Wildman–Crippen LogP) is 18.2. The van der Waals surface area contributed by atoms with E-state index in [-0.39, 0.29) is 32.2 Å². The smallest absolute Gasteiger partial charge is 0.462 e. The first-order chi connectivity index (χ1) is 30.8. The summed E-state index contributed by atoms with van der Waals surface area (Å²) in [6.07, 6.45) is 56.1. The highest BCUT2D eigenvalue weighted by Crippen LogP contribution is 2.43. The number of phosphoric acid groups is 1. The highest BCUT2D eigenvalue weighted by Gasteiger charge is 2.25. The van der Waals surface area contributed by atoms with Crippen LogP contribution in [0.4, 0.5) is 0 Å². The topological polar surface area (TPSA) is 108 Å². The van der Waals surface area contributed by atoms with Crippen molar-refractivity contribution in [1.29, 1.82) is 0 Å². The predicted molar refractivity (Wildman–Crippen MR) is 267 cm³/mol. The van der Waals surface area contributed by atoms with Crippen LogP contribution in [0.25, 0.3) is 0 Å². The molecular weight excluding hydrogens is 808 g/mol. The van der Waals surface area contributed by atoms with E-state index in [0.29, 0.717) is 6.42 Å². The van der Waals surface area contributed by atoms with Crippen LogP contribution in [-0.4, -0.2) is 42.8 Å². The third-order valence-corrected chi connectivity index (χ3v) is 13.7. The molecule has 2 unspecified atom stereocenters. The van der Waals surface area contributed by atoms with E-state index in [4.69, 9.17) is 18.5 Å². The van der Waals surface area contributed by atoms with Gasteiger partial charge in [-0.3, -0.25) is 18.6 Å². The number of ether oxygens (including phenoxy) is 2. The van der Waals surface area contributed by atoms with Crippen LogP contribution >= 0.6 is 7.82 Å². The van der Waals surface area contributed by atoms with E-state index in [1.165, 1.54) is 238 Å². The first-order valence-electron chi connectivity index (χ1n) is 27.8. The van der Waals surface area contributed by atoms with Gasteiger partial charge in [0.05, 0.1) is 13.2 Å². The third-order valence-electron chi connectivity index (χ3n) is 12.7. The summed E-state index contributed by atoms with van der Waals surface area (Å²) in [5.74, 6) is -0.772. The molecule has 376 valence electrons. The first kappa shape index (κ1) is 62.1. The second kappa shape index (κ2) is 50.5. The Morgan fingerprint density at radius 2 is 0.619 bits per heavy atom. The van der Waals surface area contributed by atoms with Crippen LogP contribution in [0, 0.1) is 0 Å². The molecule has 0 aliphatic rings. The molecule has 0 aromatic heterocycles. The van der Waals surface area contributed by atoms with Gasteiger partial charge in [-0.05, 0) is 19.8 Å². The summed E-state index contributed by atoms with van der Waals surface area (Å²) in [6, 6.07) is 0. The molecule has 0 saturated heterocycles. The summed E-state index contributed by atoms with van der Waals surface area (Å²) in [7, 11) is -4.28. The third kappa shape index (κ3) is 50.3. The van der Waals surface area contributed by atoms with Gasteiger partial charge in [0, 0.05) is 12.8 Å². The highest BCUT2D eigenvalue weighted by molar-refractivity contribution is 7.47. The van der Waals surface area contributed by atoms with Gasteiger partial charge in [-0.1, -0.05) is 277 Å². The zero-order chi connectivity index (χ0) is 46.0. The Bertz CT molecular complexity index is 993. The van der Waals surface area contributed by atoms with Gasteiger partial charge in [-0.15, -0.1) is 0 Å². The van der Waals surface area contributed by atoms with E-state index in [1.54, 1.807) is 6.92 Å². The van der Waals surface area contributed by atoms with Crippen molar-refractivity contribution in [2.45, 2.75) is 316 Å². The number of hydrogen-bond donors (Lipinski definition) is 1. The molecule has 0 spiro atoms.